The average molecular weight is 437 g/mol. The highest BCUT2D eigenvalue weighted by atomic mass is 19.1. The van der Waals surface area contributed by atoms with Crippen LogP contribution in [-0.4, -0.2) is 29.7 Å². The van der Waals surface area contributed by atoms with Gasteiger partial charge in [0, 0.05) is 18.8 Å². The zero-order valence-electron chi connectivity index (χ0n) is 18.4. The Kier molecular flexibility index (Phi) is 8.43. The molecule has 2 aromatic carbocycles. The first-order chi connectivity index (χ1) is 15.5. The number of pyridine rings is 1. The second-order valence-electron chi connectivity index (χ2n) is 7.42. The third-order valence-electron chi connectivity index (χ3n) is 4.76. The molecule has 0 aliphatic carbocycles. The molecule has 32 heavy (non-hydrogen) atoms. The summed E-state index contributed by atoms with van der Waals surface area (Å²) in [7, 11) is 0. The zero-order chi connectivity index (χ0) is 22.8. The fraction of sp³-hybridized carbons (Fsp3) is 0.280. The van der Waals surface area contributed by atoms with Gasteiger partial charge in [0.25, 0.3) is 5.56 Å². The zero-order valence-corrected chi connectivity index (χ0v) is 18.4. The third-order valence-corrected chi connectivity index (χ3v) is 4.76. The lowest BCUT2D eigenvalue weighted by Gasteiger charge is -2.18. The van der Waals surface area contributed by atoms with E-state index in [1.807, 2.05) is 44.2 Å². The summed E-state index contributed by atoms with van der Waals surface area (Å²) >= 11 is 0. The normalized spacial score (nSPS) is 12.3. The van der Waals surface area contributed by atoms with Crippen molar-refractivity contribution >= 4 is 5.96 Å². The predicted octanol–water partition coefficient (Wildman–Crippen LogP) is 3.56. The van der Waals surface area contributed by atoms with E-state index in [0.29, 0.717) is 25.6 Å². The summed E-state index contributed by atoms with van der Waals surface area (Å²) in [5.41, 5.74) is 2.09. The van der Waals surface area contributed by atoms with E-state index in [1.54, 1.807) is 41.1 Å². The van der Waals surface area contributed by atoms with Crippen LogP contribution in [0.25, 0.3) is 0 Å². The molecule has 0 spiro atoms. The van der Waals surface area contributed by atoms with Crippen molar-refractivity contribution in [3.05, 3.63) is 100 Å². The number of halogens is 1. The summed E-state index contributed by atoms with van der Waals surface area (Å²) < 4.78 is 21.1. The number of aliphatic imine (C=N–C) groups is 1. The maximum atomic E-state index is 13.8. The summed E-state index contributed by atoms with van der Waals surface area (Å²) in [6.45, 7) is 6.11. The molecule has 0 amide bonds. The van der Waals surface area contributed by atoms with E-state index in [0.717, 1.165) is 17.7 Å². The number of nitrogens with one attached hydrogen (secondary N) is 2. The van der Waals surface area contributed by atoms with Gasteiger partial charge in [0.2, 0.25) is 0 Å². The van der Waals surface area contributed by atoms with Crippen LogP contribution in [0.5, 0.6) is 5.75 Å². The molecule has 1 heterocycles. The number of aromatic nitrogens is 1. The van der Waals surface area contributed by atoms with Crippen molar-refractivity contribution < 1.29 is 9.13 Å². The molecule has 0 saturated heterocycles. The minimum absolute atomic E-state index is 0.0178. The van der Waals surface area contributed by atoms with E-state index in [9.17, 15) is 9.18 Å². The molecule has 0 radical (unpaired) electrons. The molecular formula is C25H29FN4O2. The molecule has 3 rings (SSSR count). The SMILES string of the molecule is CCNC(=NCc1ccc(Cn2ccccc2=O)cc1)NCC(C)Oc1ccccc1F. The van der Waals surface area contributed by atoms with Crippen LogP contribution in [0.3, 0.4) is 0 Å². The van der Waals surface area contributed by atoms with Gasteiger partial charge in [-0.1, -0.05) is 42.5 Å². The Hall–Kier alpha value is -3.61. The van der Waals surface area contributed by atoms with Crippen molar-refractivity contribution in [1.82, 2.24) is 15.2 Å². The average Bonchev–Trinajstić information content (AvgIpc) is 2.80. The first-order valence-corrected chi connectivity index (χ1v) is 10.7. The molecule has 3 aromatic rings. The van der Waals surface area contributed by atoms with Crippen LogP contribution < -0.4 is 20.9 Å². The molecule has 0 aliphatic heterocycles. The van der Waals surface area contributed by atoms with Gasteiger partial charge in [0.1, 0.15) is 6.10 Å². The van der Waals surface area contributed by atoms with Crippen molar-refractivity contribution in [1.29, 1.82) is 0 Å². The van der Waals surface area contributed by atoms with Crippen LogP contribution in [0.4, 0.5) is 4.39 Å². The molecule has 1 unspecified atom stereocenters. The van der Waals surface area contributed by atoms with E-state index in [-0.39, 0.29) is 23.2 Å². The van der Waals surface area contributed by atoms with Crippen molar-refractivity contribution in [2.24, 2.45) is 4.99 Å². The van der Waals surface area contributed by atoms with Crippen molar-refractivity contribution in [3.8, 4) is 5.75 Å². The van der Waals surface area contributed by atoms with Gasteiger partial charge >= 0.3 is 0 Å². The topological polar surface area (TPSA) is 67.7 Å². The summed E-state index contributed by atoms with van der Waals surface area (Å²) in [6.07, 6.45) is 1.54. The van der Waals surface area contributed by atoms with E-state index >= 15 is 0 Å². The molecule has 0 saturated carbocycles. The van der Waals surface area contributed by atoms with Gasteiger partial charge in [0.05, 0.1) is 19.6 Å². The highest BCUT2D eigenvalue weighted by Crippen LogP contribution is 2.16. The first kappa shape index (κ1) is 23.1. The molecule has 2 N–H and O–H groups in total. The largest absolute Gasteiger partial charge is 0.486 e. The molecule has 0 bridgehead atoms. The van der Waals surface area contributed by atoms with E-state index in [2.05, 4.69) is 15.6 Å². The number of nitrogens with zero attached hydrogens (tertiary/aromatic N) is 2. The van der Waals surface area contributed by atoms with Crippen LogP contribution in [0.1, 0.15) is 25.0 Å². The van der Waals surface area contributed by atoms with Crippen molar-refractivity contribution in [2.75, 3.05) is 13.1 Å². The number of guanidine groups is 1. The maximum Gasteiger partial charge on any atom is 0.250 e. The smallest absolute Gasteiger partial charge is 0.250 e. The number of hydrogen-bond donors (Lipinski definition) is 2. The first-order valence-electron chi connectivity index (χ1n) is 10.7. The summed E-state index contributed by atoms with van der Waals surface area (Å²) in [5, 5.41) is 6.44. The van der Waals surface area contributed by atoms with Crippen molar-refractivity contribution in [2.45, 2.75) is 33.0 Å². The number of para-hydroxylation sites is 1. The molecule has 1 atom stereocenters. The Bertz CT molecular complexity index is 1080. The van der Waals surface area contributed by atoms with Gasteiger partial charge in [-0.15, -0.1) is 0 Å². The Morgan fingerprint density at radius 2 is 1.75 bits per heavy atom. The van der Waals surface area contributed by atoms with Gasteiger partial charge in [0.15, 0.2) is 17.5 Å². The van der Waals surface area contributed by atoms with Crippen LogP contribution in [0, 0.1) is 5.82 Å². The molecule has 1 aromatic heterocycles. The quantitative estimate of drug-likeness (QED) is 0.398. The number of benzene rings is 2. The Morgan fingerprint density at radius 3 is 2.47 bits per heavy atom. The van der Waals surface area contributed by atoms with Crippen LogP contribution >= 0.6 is 0 Å². The number of ether oxygens (including phenoxy) is 1. The molecule has 0 fully saturated rings. The Balaban J connectivity index is 1.54. The monoisotopic (exact) mass is 436 g/mol. The van der Waals surface area contributed by atoms with Gasteiger partial charge < -0.3 is 19.9 Å². The molecule has 0 aliphatic rings. The summed E-state index contributed by atoms with van der Waals surface area (Å²) in [5.74, 6) is 0.526. The molecular weight excluding hydrogens is 407 g/mol. The standard InChI is InChI=1S/C25H29FN4O2/c1-3-27-25(28-16-19(2)32-23-9-5-4-8-22(23)26)29-17-20-11-13-21(14-12-20)18-30-15-7-6-10-24(30)31/h4-15,19H,3,16-18H2,1-2H3,(H2,27,28,29). The van der Waals surface area contributed by atoms with Gasteiger partial charge in [-0.2, -0.15) is 0 Å². The Labute approximate surface area is 187 Å². The minimum Gasteiger partial charge on any atom is -0.486 e. The van der Waals surface area contributed by atoms with Gasteiger partial charge in [-0.3, -0.25) is 4.79 Å². The van der Waals surface area contributed by atoms with E-state index < -0.39 is 0 Å². The van der Waals surface area contributed by atoms with Gasteiger partial charge in [-0.25, -0.2) is 9.38 Å². The second-order valence-corrected chi connectivity index (χ2v) is 7.42. The highest BCUT2D eigenvalue weighted by molar-refractivity contribution is 5.79. The molecule has 6 nitrogen and oxygen atoms in total. The lowest BCUT2D eigenvalue weighted by atomic mass is 10.1. The fourth-order valence-electron chi connectivity index (χ4n) is 3.09. The number of hydrogen-bond acceptors (Lipinski definition) is 3. The minimum atomic E-state index is -0.375. The van der Waals surface area contributed by atoms with Crippen LogP contribution in [0.15, 0.2) is 82.7 Å². The Morgan fingerprint density at radius 1 is 1.03 bits per heavy atom. The van der Waals surface area contributed by atoms with E-state index in [1.165, 1.54) is 6.07 Å². The third kappa shape index (κ3) is 6.97. The lowest BCUT2D eigenvalue weighted by molar-refractivity contribution is 0.214. The molecule has 7 heteroatoms. The molecule has 168 valence electrons. The van der Waals surface area contributed by atoms with E-state index in [4.69, 9.17) is 4.74 Å². The predicted molar refractivity (Wildman–Crippen MR) is 126 cm³/mol. The van der Waals surface area contributed by atoms with Crippen molar-refractivity contribution in [3.63, 3.8) is 0 Å². The summed E-state index contributed by atoms with van der Waals surface area (Å²) in [4.78, 5) is 16.5. The highest BCUT2D eigenvalue weighted by Gasteiger charge is 2.09. The summed E-state index contributed by atoms with van der Waals surface area (Å²) in [6, 6.07) is 19.6. The lowest BCUT2D eigenvalue weighted by Crippen LogP contribution is -2.41. The maximum absolute atomic E-state index is 13.8. The van der Waals surface area contributed by atoms with Gasteiger partial charge in [-0.05, 0) is 43.2 Å². The van der Waals surface area contributed by atoms with Crippen LogP contribution in [-0.2, 0) is 13.1 Å². The second kappa shape index (κ2) is 11.7. The van der Waals surface area contributed by atoms with Crippen LogP contribution in [0.2, 0.25) is 0 Å². The fourth-order valence-corrected chi connectivity index (χ4v) is 3.09. The number of rotatable bonds is 9.